The van der Waals surface area contributed by atoms with Gasteiger partial charge in [0.25, 0.3) is 0 Å². The quantitative estimate of drug-likeness (QED) is 0.784. The Morgan fingerprint density at radius 2 is 1.88 bits per heavy atom. The van der Waals surface area contributed by atoms with Gasteiger partial charge in [0.05, 0.1) is 13.2 Å². The third-order valence-corrected chi connectivity index (χ3v) is 5.83. The van der Waals surface area contributed by atoms with Crippen LogP contribution in [0.5, 0.6) is 5.75 Å². The summed E-state index contributed by atoms with van der Waals surface area (Å²) in [4.78, 5) is 12.4. The molecule has 2 aromatic rings. The van der Waals surface area contributed by atoms with E-state index >= 15 is 0 Å². The summed E-state index contributed by atoms with van der Waals surface area (Å²) in [5.41, 5.74) is 2.00. The van der Waals surface area contributed by atoms with Crippen LogP contribution in [0.25, 0.3) is 0 Å². The van der Waals surface area contributed by atoms with Crippen molar-refractivity contribution in [2.45, 2.75) is 31.7 Å². The highest BCUT2D eigenvalue weighted by atomic mass is 35.5. The van der Waals surface area contributed by atoms with Gasteiger partial charge in [0.1, 0.15) is 10.6 Å². The number of carbonyl (C=O) groups excluding carboxylic acids is 1. The van der Waals surface area contributed by atoms with E-state index < -0.39 is 22.0 Å². The normalized spacial score (nSPS) is 12.5. The van der Waals surface area contributed by atoms with Gasteiger partial charge >= 0.3 is 0 Å². The molecule has 0 unspecified atom stereocenters. The molecule has 0 heterocycles. The van der Waals surface area contributed by atoms with Gasteiger partial charge in [-0.2, -0.15) is 4.72 Å². The van der Waals surface area contributed by atoms with Crippen molar-refractivity contribution in [2.75, 3.05) is 12.4 Å². The number of carbonyl (C=O) groups is 1. The number of ether oxygens (including phenoxy) is 1. The van der Waals surface area contributed by atoms with Gasteiger partial charge in [-0.3, -0.25) is 4.79 Å². The van der Waals surface area contributed by atoms with Crippen LogP contribution >= 0.6 is 11.6 Å². The lowest BCUT2D eigenvalue weighted by Crippen LogP contribution is -2.41. The number of aryl methyl sites for hydroxylation is 1. The fraction of sp³-hybridized carbons (Fsp3) is 0.278. The Morgan fingerprint density at radius 3 is 2.54 bits per heavy atom. The molecule has 8 heteroatoms. The van der Waals surface area contributed by atoms with Crippen LogP contribution in [0.1, 0.15) is 18.1 Å². The van der Waals surface area contributed by atoms with Crippen molar-refractivity contribution >= 4 is 33.2 Å². The van der Waals surface area contributed by atoms with Crippen molar-refractivity contribution in [3.8, 4) is 5.75 Å². The lowest BCUT2D eigenvalue weighted by atomic mass is 10.2. The van der Waals surface area contributed by atoms with E-state index in [1.807, 2.05) is 0 Å². The minimum absolute atomic E-state index is 0.0152. The molecule has 2 N–H and O–H groups in total. The summed E-state index contributed by atoms with van der Waals surface area (Å²) in [6.45, 7) is 5.01. The number of halogens is 1. The number of methoxy groups -OCH3 is 1. The molecule has 140 valence electrons. The number of anilines is 1. The van der Waals surface area contributed by atoms with Gasteiger partial charge in [-0.05, 0) is 56.2 Å². The van der Waals surface area contributed by atoms with Gasteiger partial charge in [0, 0.05) is 10.7 Å². The Morgan fingerprint density at radius 1 is 1.19 bits per heavy atom. The van der Waals surface area contributed by atoms with Crippen LogP contribution in [0.3, 0.4) is 0 Å². The number of hydrogen-bond acceptors (Lipinski definition) is 4. The molecule has 0 aliphatic carbocycles. The standard InChI is InChI=1S/C18H21ClN2O4S/c1-11-8-9-16(25-4)17(10-11)26(23,24)21-13(3)18(22)20-15-7-5-6-14(19)12(15)2/h5-10,13,21H,1-4H3,(H,20,22)/t13-/m0/s1. The van der Waals surface area contributed by atoms with Crippen LogP contribution in [-0.2, 0) is 14.8 Å². The maximum Gasteiger partial charge on any atom is 0.244 e. The summed E-state index contributed by atoms with van der Waals surface area (Å²) in [5, 5.41) is 3.20. The van der Waals surface area contributed by atoms with Gasteiger partial charge in [0.2, 0.25) is 15.9 Å². The highest BCUT2D eigenvalue weighted by Crippen LogP contribution is 2.25. The molecule has 1 amide bonds. The first kappa shape index (κ1) is 20.2. The second-order valence-corrected chi connectivity index (χ2v) is 7.99. The van der Waals surface area contributed by atoms with Crippen molar-refractivity contribution in [1.82, 2.24) is 4.72 Å². The van der Waals surface area contributed by atoms with Crippen molar-refractivity contribution in [3.63, 3.8) is 0 Å². The van der Waals surface area contributed by atoms with Crippen molar-refractivity contribution in [1.29, 1.82) is 0 Å². The predicted molar refractivity (Wildman–Crippen MR) is 102 cm³/mol. The number of benzene rings is 2. The smallest absolute Gasteiger partial charge is 0.244 e. The summed E-state index contributed by atoms with van der Waals surface area (Å²) >= 11 is 6.03. The first-order valence-electron chi connectivity index (χ1n) is 7.88. The molecule has 6 nitrogen and oxygen atoms in total. The van der Waals surface area contributed by atoms with Crippen LogP contribution in [0.4, 0.5) is 5.69 Å². The fourth-order valence-electron chi connectivity index (χ4n) is 2.33. The van der Waals surface area contributed by atoms with Gasteiger partial charge in [-0.25, -0.2) is 8.42 Å². The molecule has 0 aromatic heterocycles. The first-order chi connectivity index (χ1) is 12.2. The van der Waals surface area contributed by atoms with Crippen LogP contribution < -0.4 is 14.8 Å². The zero-order valence-electron chi connectivity index (χ0n) is 15.0. The van der Waals surface area contributed by atoms with E-state index in [-0.39, 0.29) is 10.6 Å². The molecule has 2 aromatic carbocycles. The molecule has 0 saturated heterocycles. The maximum absolute atomic E-state index is 12.7. The van der Waals surface area contributed by atoms with Crippen molar-refractivity contribution < 1.29 is 17.9 Å². The monoisotopic (exact) mass is 396 g/mol. The van der Waals surface area contributed by atoms with Crippen molar-refractivity contribution in [2.24, 2.45) is 0 Å². The van der Waals surface area contributed by atoms with E-state index in [9.17, 15) is 13.2 Å². The van der Waals surface area contributed by atoms with Gasteiger partial charge < -0.3 is 10.1 Å². The summed E-state index contributed by atoms with van der Waals surface area (Å²) in [6, 6.07) is 8.93. The fourth-order valence-corrected chi connectivity index (χ4v) is 3.96. The number of amides is 1. The van der Waals surface area contributed by atoms with E-state index in [0.717, 1.165) is 5.56 Å². The minimum atomic E-state index is -3.94. The van der Waals surface area contributed by atoms with E-state index in [4.69, 9.17) is 16.3 Å². The molecule has 1 atom stereocenters. The Bertz CT molecular complexity index is 929. The molecule has 2 rings (SSSR count). The van der Waals surface area contributed by atoms with Crippen LogP contribution in [0, 0.1) is 13.8 Å². The number of hydrogen-bond donors (Lipinski definition) is 2. The lowest BCUT2D eigenvalue weighted by molar-refractivity contribution is -0.117. The molecule has 0 radical (unpaired) electrons. The van der Waals surface area contributed by atoms with Crippen LogP contribution in [0.2, 0.25) is 5.02 Å². The van der Waals surface area contributed by atoms with E-state index in [1.165, 1.54) is 20.1 Å². The lowest BCUT2D eigenvalue weighted by Gasteiger charge is -2.17. The largest absolute Gasteiger partial charge is 0.495 e. The topological polar surface area (TPSA) is 84.5 Å². The van der Waals surface area contributed by atoms with Crippen LogP contribution in [-0.4, -0.2) is 27.5 Å². The zero-order valence-corrected chi connectivity index (χ0v) is 16.5. The maximum atomic E-state index is 12.7. The Kier molecular flexibility index (Phi) is 6.28. The third-order valence-electron chi connectivity index (χ3n) is 3.86. The second-order valence-electron chi connectivity index (χ2n) is 5.90. The molecule has 0 spiro atoms. The van der Waals surface area contributed by atoms with E-state index in [0.29, 0.717) is 16.3 Å². The predicted octanol–water partition coefficient (Wildman–Crippen LogP) is 3.27. The molecule has 0 fully saturated rings. The number of sulfonamides is 1. The van der Waals surface area contributed by atoms with Gasteiger partial charge in [-0.15, -0.1) is 0 Å². The molecule has 0 bridgehead atoms. The molecular weight excluding hydrogens is 376 g/mol. The Balaban J connectivity index is 2.20. The highest BCUT2D eigenvalue weighted by molar-refractivity contribution is 7.89. The Hall–Kier alpha value is -2.09. The van der Waals surface area contributed by atoms with Gasteiger partial charge in [0.15, 0.2) is 0 Å². The number of rotatable bonds is 6. The molecule has 26 heavy (non-hydrogen) atoms. The molecule has 0 saturated carbocycles. The number of nitrogens with one attached hydrogen (secondary N) is 2. The van der Waals surface area contributed by atoms with Crippen molar-refractivity contribution in [3.05, 3.63) is 52.5 Å². The molecule has 0 aliphatic heterocycles. The van der Waals surface area contributed by atoms with E-state index in [2.05, 4.69) is 10.0 Å². The summed E-state index contributed by atoms with van der Waals surface area (Å²) in [7, 11) is -2.55. The summed E-state index contributed by atoms with van der Waals surface area (Å²) in [5.74, 6) is -0.285. The third kappa shape index (κ3) is 4.55. The summed E-state index contributed by atoms with van der Waals surface area (Å²) in [6.07, 6.45) is 0. The highest BCUT2D eigenvalue weighted by Gasteiger charge is 2.25. The molecular formula is C18H21ClN2O4S. The minimum Gasteiger partial charge on any atom is -0.495 e. The second kappa shape index (κ2) is 8.07. The Labute approximate surface area is 158 Å². The zero-order chi connectivity index (χ0) is 19.5. The average molecular weight is 397 g/mol. The van der Waals surface area contributed by atoms with Gasteiger partial charge in [-0.1, -0.05) is 23.7 Å². The molecule has 0 aliphatic rings. The van der Waals surface area contributed by atoms with Crippen LogP contribution in [0.15, 0.2) is 41.3 Å². The SMILES string of the molecule is COc1ccc(C)cc1S(=O)(=O)N[C@@H](C)C(=O)Nc1cccc(Cl)c1C. The first-order valence-corrected chi connectivity index (χ1v) is 9.74. The summed E-state index contributed by atoms with van der Waals surface area (Å²) < 4.78 is 32.8. The average Bonchev–Trinajstić information content (AvgIpc) is 2.58. The van der Waals surface area contributed by atoms with E-state index in [1.54, 1.807) is 44.2 Å².